The van der Waals surface area contributed by atoms with Crippen molar-refractivity contribution in [2.24, 2.45) is 0 Å². The van der Waals surface area contributed by atoms with Crippen LogP contribution in [-0.4, -0.2) is 9.91 Å². The van der Waals surface area contributed by atoms with Crippen molar-refractivity contribution < 1.29 is 4.92 Å². The van der Waals surface area contributed by atoms with Gasteiger partial charge in [-0.15, -0.1) is 11.3 Å². The Morgan fingerprint density at radius 1 is 1.33 bits per heavy atom. The Kier molecular flexibility index (Phi) is 2.73. The number of nitro benzene ring substituents is 1. The summed E-state index contributed by atoms with van der Waals surface area (Å²) in [5, 5.41) is 10.4. The fourth-order valence-corrected chi connectivity index (χ4v) is 1.89. The number of aromatic nitrogens is 1. The van der Waals surface area contributed by atoms with Gasteiger partial charge in [-0.1, -0.05) is 12.1 Å². The van der Waals surface area contributed by atoms with Gasteiger partial charge >= 0.3 is 0 Å². The zero-order valence-corrected chi connectivity index (χ0v) is 8.61. The molecule has 0 aliphatic carbocycles. The first-order chi connectivity index (χ1) is 7.25. The minimum Gasteiger partial charge on any atom is -0.258 e. The van der Waals surface area contributed by atoms with Crippen LogP contribution >= 0.6 is 11.3 Å². The van der Waals surface area contributed by atoms with Crippen LogP contribution in [0.1, 0.15) is 10.4 Å². The summed E-state index contributed by atoms with van der Waals surface area (Å²) in [7, 11) is 0. The number of rotatable bonds is 3. The first kappa shape index (κ1) is 9.79. The molecule has 2 rings (SSSR count). The SMILES string of the molecule is O=[N+]([O-])c1ccc(Cc2cncs2)cc1. The van der Waals surface area contributed by atoms with E-state index in [-0.39, 0.29) is 5.69 Å². The van der Waals surface area contributed by atoms with Crippen molar-refractivity contribution in [1.29, 1.82) is 0 Å². The molecule has 5 heteroatoms. The Bertz CT molecular complexity index is 451. The molecular formula is C10H8N2O2S. The molecule has 0 fully saturated rings. The number of nitro groups is 1. The third-order valence-electron chi connectivity index (χ3n) is 2.01. The summed E-state index contributed by atoms with van der Waals surface area (Å²) in [5.74, 6) is 0. The van der Waals surface area contributed by atoms with Crippen LogP contribution in [0.15, 0.2) is 36.0 Å². The molecule has 0 unspecified atom stereocenters. The van der Waals surface area contributed by atoms with Crippen molar-refractivity contribution in [2.45, 2.75) is 6.42 Å². The van der Waals surface area contributed by atoms with E-state index in [4.69, 9.17) is 0 Å². The second-order valence-electron chi connectivity index (χ2n) is 3.07. The van der Waals surface area contributed by atoms with Crippen molar-refractivity contribution in [3.63, 3.8) is 0 Å². The summed E-state index contributed by atoms with van der Waals surface area (Å²) < 4.78 is 0. The second-order valence-corrected chi connectivity index (χ2v) is 4.04. The van der Waals surface area contributed by atoms with E-state index >= 15 is 0 Å². The quantitative estimate of drug-likeness (QED) is 0.590. The van der Waals surface area contributed by atoms with Gasteiger partial charge in [-0.2, -0.15) is 0 Å². The number of benzene rings is 1. The maximum atomic E-state index is 10.4. The molecule has 15 heavy (non-hydrogen) atoms. The first-order valence-electron chi connectivity index (χ1n) is 4.36. The molecule has 1 aromatic heterocycles. The number of thiazole rings is 1. The Morgan fingerprint density at radius 2 is 2.07 bits per heavy atom. The van der Waals surface area contributed by atoms with Crippen molar-refractivity contribution in [1.82, 2.24) is 4.98 Å². The molecule has 0 saturated carbocycles. The third kappa shape index (κ3) is 2.38. The van der Waals surface area contributed by atoms with Crippen molar-refractivity contribution >= 4 is 17.0 Å². The van der Waals surface area contributed by atoms with E-state index in [0.29, 0.717) is 0 Å². The fraction of sp³-hybridized carbons (Fsp3) is 0.100. The molecule has 76 valence electrons. The second kappa shape index (κ2) is 4.18. The first-order valence-corrected chi connectivity index (χ1v) is 5.24. The molecule has 0 atom stereocenters. The molecule has 2 aromatic rings. The zero-order chi connectivity index (χ0) is 10.7. The van der Waals surface area contributed by atoms with Crippen LogP contribution in [0, 0.1) is 10.1 Å². The van der Waals surface area contributed by atoms with E-state index in [9.17, 15) is 10.1 Å². The highest BCUT2D eigenvalue weighted by Crippen LogP contribution is 2.16. The summed E-state index contributed by atoms with van der Waals surface area (Å²) in [5.41, 5.74) is 2.97. The van der Waals surface area contributed by atoms with E-state index in [2.05, 4.69) is 4.98 Å². The summed E-state index contributed by atoms with van der Waals surface area (Å²) >= 11 is 1.58. The summed E-state index contributed by atoms with van der Waals surface area (Å²) in [4.78, 5) is 15.2. The molecule has 0 spiro atoms. The topological polar surface area (TPSA) is 56.0 Å². The molecule has 1 heterocycles. The highest BCUT2D eigenvalue weighted by molar-refractivity contribution is 7.09. The lowest BCUT2D eigenvalue weighted by atomic mass is 10.1. The number of non-ortho nitro benzene ring substituents is 1. The van der Waals surface area contributed by atoms with Crippen LogP contribution < -0.4 is 0 Å². The average molecular weight is 220 g/mol. The Morgan fingerprint density at radius 3 is 2.60 bits per heavy atom. The predicted octanol–water partition coefficient (Wildman–Crippen LogP) is 2.64. The van der Waals surface area contributed by atoms with Gasteiger partial charge in [-0.05, 0) is 5.56 Å². The molecule has 0 radical (unpaired) electrons. The van der Waals surface area contributed by atoms with E-state index < -0.39 is 4.92 Å². The summed E-state index contributed by atoms with van der Waals surface area (Å²) in [6.45, 7) is 0. The van der Waals surface area contributed by atoms with Crippen LogP contribution in [-0.2, 0) is 6.42 Å². The molecule has 0 N–H and O–H groups in total. The predicted molar refractivity (Wildman–Crippen MR) is 58.0 cm³/mol. The zero-order valence-electron chi connectivity index (χ0n) is 7.79. The van der Waals surface area contributed by atoms with Crippen molar-refractivity contribution in [2.75, 3.05) is 0 Å². The summed E-state index contributed by atoms with van der Waals surface area (Å²) in [6.07, 6.45) is 2.59. The highest BCUT2D eigenvalue weighted by atomic mass is 32.1. The van der Waals surface area contributed by atoms with E-state index in [1.807, 2.05) is 6.20 Å². The lowest BCUT2D eigenvalue weighted by molar-refractivity contribution is -0.384. The molecule has 1 aromatic carbocycles. The van der Waals surface area contributed by atoms with E-state index in [1.165, 1.54) is 12.1 Å². The van der Waals surface area contributed by atoms with Crippen LogP contribution in [0.3, 0.4) is 0 Å². The lowest BCUT2D eigenvalue weighted by Gasteiger charge is -1.97. The third-order valence-corrected chi connectivity index (χ3v) is 2.79. The highest BCUT2D eigenvalue weighted by Gasteiger charge is 2.04. The maximum Gasteiger partial charge on any atom is 0.269 e. The van der Waals surface area contributed by atoms with Crippen molar-refractivity contribution in [3.05, 3.63) is 56.5 Å². The molecule has 0 aliphatic heterocycles. The van der Waals surface area contributed by atoms with E-state index in [1.54, 1.807) is 29.0 Å². The van der Waals surface area contributed by atoms with Gasteiger partial charge in [0.1, 0.15) is 0 Å². The van der Waals surface area contributed by atoms with Crippen LogP contribution in [0.25, 0.3) is 0 Å². The lowest BCUT2D eigenvalue weighted by Crippen LogP contribution is -1.89. The Hall–Kier alpha value is -1.75. The molecule has 4 nitrogen and oxygen atoms in total. The van der Waals surface area contributed by atoms with Crippen LogP contribution in [0.2, 0.25) is 0 Å². The van der Waals surface area contributed by atoms with Gasteiger partial charge in [0.15, 0.2) is 0 Å². The standard InChI is InChI=1S/C10H8N2O2S/c13-12(14)9-3-1-8(2-4-9)5-10-6-11-7-15-10/h1-4,6-7H,5H2. The minimum atomic E-state index is -0.392. The largest absolute Gasteiger partial charge is 0.269 e. The monoisotopic (exact) mass is 220 g/mol. The molecule has 0 saturated heterocycles. The normalized spacial score (nSPS) is 10.1. The van der Waals surface area contributed by atoms with Gasteiger partial charge in [-0.25, -0.2) is 0 Å². The van der Waals surface area contributed by atoms with Gasteiger partial charge in [0.25, 0.3) is 5.69 Å². The molecule has 0 amide bonds. The van der Waals surface area contributed by atoms with E-state index in [0.717, 1.165) is 16.9 Å². The number of hydrogen-bond acceptors (Lipinski definition) is 4. The van der Waals surface area contributed by atoms with Gasteiger partial charge in [0.05, 0.1) is 10.4 Å². The molecular weight excluding hydrogens is 212 g/mol. The summed E-state index contributed by atoms with van der Waals surface area (Å²) in [6, 6.07) is 6.60. The average Bonchev–Trinajstić information content (AvgIpc) is 2.71. The van der Waals surface area contributed by atoms with Gasteiger partial charge in [-0.3, -0.25) is 15.1 Å². The van der Waals surface area contributed by atoms with Gasteiger partial charge in [0, 0.05) is 29.6 Å². The molecule has 0 bridgehead atoms. The fourth-order valence-electron chi connectivity index (χ4n) is 1.27. The Labute approximate surface area is 90.4 Å². The molecule has 0 aliphatic rings. The number of hydrogen-bond donors (Lipinski definition) is 0. The smallest absolute Gasteiger partial charge is 0.258 e. The number of nitrogens with zero attached hydrogens (tertiary/aromatic N) is 2. The van der Waals surface area contributed by atoms with Crippen molar-refractivity contribution in [3.8, 4) is 0 Å². The van der Waals surface area contributed by atoms with Gasteiger partial charge < -0.3 is 0 Å². The maximum absolute atomic E-state index is 10.4. The van der Waals surface area contributed by atoms with Crippen LogP contribution in [0.5, 0.6) is 0 Å². The Balaban J connectivity index is 2.14. The van der Waals surface area contributed by atoms with Gasteiger partial charge in [0.2, 0.25) is 0 Å². The van der Waals surface area contributed by atoms with Crippen LogP contribution in [0.4, 0.5) is 5.69 Å². The minimum absolute atomic E-state index is 0.128.